The predicted octanol–water partition coefficient (Wildman–Crippen LogP) is 2.21. The first-order valence-electron chi connectivity index (χ1n) is 7.77. The zero-order valence-electron chi connectivity index (χ0n) is 13.2. The van der Waals surface area contributed by atoms with Gasteiger partial charge in [-0.15, -0.1) is 0 Å². The van der Waals surface area contributed by atoms with Crippen molar-refractivity contribution in [3.63, 3.8) is 0 Å². The van der Waals surface area contributed by atoms with Gasteiger partial charge >= 0.3 is 0 Å². The van der Waals surface area contributed by atoms with Crippen molar-refractivity contribution in [2.45, 2.75) is 38.8 Å². The monoisotopic (exact) mass is 312 g/mol. The molecule has 0 saturated heterocycles. The SMILES string of the molecule is C[C@H](C(=O)N[C@H](C)c1ccc2c(c1)CCC(=O)N2)n1cccn1. The first-order chi connectivity index (χ1) is 11.0. The Bertz CT molecular complexity index is 724. The lowest BCUT2D eigenvalue weighted by Gasteiger charge is -2.21. The van der Waals surface area contributed by atoms with Crippen molar-refractivity contribution in [1.29, 1.82) is 0 Å². The van der Waals surface area contributed by atoms with E-state index in [9.17, 15) is 9.59 Å². The Morgan fingerprint density at radius 1 is 1.35 bits per heavy atom. The van der Waals surface area contributed by atoms with E-state index in [1.807, 2.05) is 26.0 Å². The minimum absolute atomic E-state index is 0.0552. The van der Waals surface area contributed by atoms with E-state index in [1.54, 1.807) is 23.1 Å². The van der Waals surface area contributed by atoms with Crippen LogP contribution in [0.4, 0.5) is 5.69 Å². The first-order valence-corrected chi connectivity index (χ1v) is 7.77. The number of nitrogens with zero attached hydrogens (tertiary/aromatic N) is 2. The summed E-state index contributed by atoms with van der Waals surface area (Å²) in [4.78, 5) is 23.7. The number of hydrogen-bond donors (Lipinski definition) is 2. The highest BCUT2D eigenvalue weighted by atomic mass is 16.2. The molecule has 23 heavy (non-hydrogen) atoms. The third kappa shape index (κ3) is 3.26. The molecule has 6 nitrogen and oxygen atoms in total. The number of benzene rings is 1. The Morgan fingerprint density at radius 2 is 2.17 bits per heavy atom. The summed E-state index contributed by atoms with van der Waals surface area (Å²) < 4.78 is 1.63. The Labute approximate surface area is 134 Å². The number of anilines is 1. The van der Waals surface area contributed by atoms with E-state index < -0.39 is 0 Å². The molecule has 6 heteroatoms. The minimum atomic E-state index is -0.357. The number of fused-ring (bicyclic) bond motifs is 1. The lowest BCUT2D eigenvalue weighted by atomic mass is 9.97. The molecule has 0 bridgehead atoms. The third-order valence-corrected chi connectivity index (χ3v) is 4.18. The second-order valence-electron chi connectivity index (χ2n) is 5.86. The molecule has 0 saturated carbocycles. The van der Waals surface area contributed by atoms with Crippen LogP contribution in [0.1, 0.15) is 43.5 Å². The van der Waals surface area contributed by atoms with Crippen LogP contribution in [0, 0.1) is 0 Å². The number of carbonyl (C=O) groups excluding carboxylic acids is 2. The van der Waals surface area contributed by atoms with Crippen LogP contribution >= 0.6 is 0 Å². The van der Waals surface area contributed by atoms with E-state index in [0.717, 1.165) is 23.2 Å². The predicted molar refractivity (Wildman–Crippen MR) is 86.9 cm³/mol. The van der Waals surface area contributed by atoms with Crippen LogP contribution in [0.2, 0.25) is 0 Å². The first kappa shape index (κ1) is 15.3. The van der Waals surface area contributed by atoms with Crippen LogP contribution < -0.4 is 10.6 Å². The molecule has 0 radical (unpaired) electrons. The van der Waals surface area contributed by atoms with Crippen molar-refractivity contribution in [2.24, 2.45) is 0 Å². The van der Waals surface area contributed by atoms with Crippen LogP contribution in [-0.2, 0) is 16.0 Å². The van der Waals surface area contributed by atoms with Crippen LogP contribution in [-0.4, -0.2) is 21.6 Å². The van der Waals surface area contributed by atoms with E-state index in [-0.39, 0.29) is 23.9 Å². The maximum absolute atomic E-state index is 12.3. The van der Waals surface area contributed by atoms with Gasteiger partial charge < -0.3 is 10.6 Å². The second kappa shape index (κ2) is 6.24. The Kier molecular flexibility index (Phi) is 4.14. The number of rotatable bonds is 4. The quantitative estimate of drug-likeness (QED) is 0.909. The lowest BCUT2D eigenvalue weighted by molar-refractivity contribution is -0.124. The van der Waals surface area contributed by atoms with E-state index >= 15 is 0 Å². The van der Waals surface area contributed by atoms with E-state index in [1.165, 1.54) is 0 Å². The van der Waals surface area contributed by atoms with Crippen LogP contribution in [0.3, 0.4) is 0 Å². The molecule has 3 rings (SSSR count). The zero-order chi connectivity index (χ0) is 16.4. The van der Waals surface area contributed by atoms with Crippen LogP contribution in [0.5, 0.6) is 0 Å². The topological polar surface area (TPSA) is 76.0 Å². The van der Waals surface area contributed by atoms with Crippen LogP contribution in [0.25, 0.3) is 0 Å². The van der Waals surface area contributed by atoms with Gasteiger partial charge in [-0.25, -0.2) is 0 Å². The van der Waals surface area contributed by atoms with Gasteiger partial charge in [-0.3, -0.25) is 14.3 Å². The fourth-order valence-electron chi connectivity index (χ4n) is 2.72. The standard InChI is InChI=1S/C17H20N4O2/c1-11(19-17(23)12(2)21-9-3-8-18-21)13-4-6-15-14(10-13)5-7-16(22)20-15/h3-4,6,8-12H,5,7H2,1-2H3,(H,19,23)(H,20,22)/t11-,12-/m1/s1. The number of nitrogens with one attached hydrogen (secondary N) is 2. The summed E-state index contributed by atoms with van der Waals surface area (Å²) in [6, 6.07) is 7.23. The highest BCUT2D eigenvalue weighted by molar-refractivity contribution is 5.93. The zero-order valence-corrected chi connectivity index (χ0v) is 13.2. The van der Waals surface area contributed by atoms with Crippen LogP contribution in [0.15, 0.2) is 36.7 Å². The maximum Gasteiger partial charge on any atom is 0.245 e. The Morgan fingerprint density at radius 3 is 2.91 bits per heavy atom. The van der Waals surface area contributed by atoms with Gasteiger partial charge in [0.1, 0.15) is 6.04 Å². The molecular formula is C17H20N4O2. The molecule has 1 aliphatic rings. The van der Waals surface area contributed by atoms with Gasteiger partial charge in [-0.05, 0) is 43.5 Å². The van der Waals surface area contributed by atoms with E-state index in [0.29, 0.717) is 6.42 Å². The van der Waals surface area contributed by atoms with Crippen molar-refractivity contribution >= 4 is 17.5 Å². The summed E-state index contributed by atoms with van der Waals surface area (Å²) in [6.07, 6.45) is 4.67. The van der Waals surface area contributed by atoms with Gasteiger partial charge in [0.05, 0.1) is 6.04 Å². The van der Waals surface area contributed by atoms with E-state index in [2.05, 4.69) is 21.8 Å². The normalized spacial score (nSPS) is 16.2. The smallest absolute Gasteiger partial charge is 0.245 e. The third-order valence-electron chi connectivity index (χ3n) is 4.18. The average Bonchev–Trinajstić information content (AvgIpc) is 3.07. The fourth-order valence-corrected chi connectivity index (χ4v) is 2.72. The molecule has 2 aromatic rings. The number of hydrogen-bond acceptors (Lipinski definition) is 3. The molecule has 0 aliphatic carbocycles. The molecule has 1 aromatic carbocycles. The van der Waals surface area contributed by atoms with Gasteiger partial charge in [0, 0.05) is 24.5 Å². The molecular weight excluding hydrogens is 292 g/mol. The molecule has 2 atom stereocenters. The lowest BCUT2D eigenvalue weighted by Crippen LogP contribution is -2.33. The molecule has 1 aliphatic heterocycles. The van der Waals surface area contributed by atoms with E-state index in [4.69, 9.17) is 0 Å². The average molecular weight is 312 g/mol. The number of amides is 2. The van der Waals surface area contributed by atoms with Crippen molar-refractivity contribution in [1.82, 2.24) is 15.1 Å². The fraction of sp³-hybridized carbons (Fsp3) is 0.353. The van der Waals surface area contributed by atoms with Crippen molar-refractivity contribution in [3.8, 4) is 0 Å². The summed E-state index contributed by atoms with van der Waals surface area (Å²) in [7, 11) is 0. The molecule has 2 heterocycles. The molecule has 0 spiro atoms. The van der Waals surface area contributed by atoms with Crippen molar-refractivity contribution in [2.75, 3.05) is 5.32 Å². The van der Waals surface area contributed by atoms with Crippen molar-refractivity contribution in [3.05, 3.63) is 47.8 Å². The minimum Gasteiger partial charge on any atom is -0.348 e. The molecule has 2 N–H and O–H groups in total. The van der Waals surface area contributed by atoms with Gasteiger partial charge in [0.25, 0.3) is 0 Å². The molecule has 120 valence electrons. The number of aryl methyl sites for hydroxylation is 1. The molecule has 0 fully saturated rings. The second-order valence-corrected chi connectivity index (χ2v) is 5.86. The maximum atomic E-state index is 12.3. The highest BCUT2D eigenvalue weighted by Crippen LogP contribution is 2.26. The number of carbonyl (C=O) groups is 2. The summed E-state index contributed by atoms with van der Waals surface area (Å²) in [5, 5.41) is 9.98. The largest absolute Gasteiger partial charge is 0.348 e. The van der Waals surface area contributed by atoms with Crippen molar-refractivity contribution < 1.29 is 9.59 Å². The van der Waals surface area contributed by atoms with Gasteiger partial charge in [0.2, 0.25) is 11.8 Å². The number of aromatic nitrogens is 2. The summed E-state index contributed by atoms with van der Waals surface area (Å²) in [6.45, 7) is 3.77. The van der Waals surface area contributed by atoms with Gasteiger partial charge in [0.15, 0.2) is 0 Å². The molecule has 2 amide bonds. The summed E-state index contributed by atoms with van der Waals surface area (Å²) >= 11 is 0. The highest BCUT2D eigenvalue weighted by Gasteiger charge is 2.20. The Balaban J connectivity index is 1.70. The molecule has 0 unspecified atom stereocenters. The van der Waals surface area contributed by atoms with Gasteiger partial charge in [-0.2, -0.15) is 5.10 Å². The Hall–Kier alpha value is -2.63. The summed E-state index contributed by atoms with van der Waals surface area (Å²) in [5.41, 5.74) is 3.01. The molecule has 1 aromatic heterocycles. The summed E-state index contributed by atoms with van der Waals surface area (Å²) in [5.74, 6) is -0.0214. The van der Waals surface area contributed by atoms with Gasteiger partial charge in [-0.1, -0.05) is 12.1 Å².